The van der Waals surface area contributed by atoms with Gasteiger partial charge in [-0.2, -0.15) is 0 Å². The number of fused-ring (bicyclic) bond motifs is 1. The largest absolute Gasteiger partial charge is 0.481 e. The Morgan fingerprint density at radius 1 is 0.846 bits per heavy atom. The van der Waals surface area contributed by atoms with Gasteiger partial charge in [-0.15, -0.1) is 0 Å². The van der Waals surface area contributed by atoms with Gasteiger partial charge in [0.1, 0.15) is 0 Å². The standard InChI is InChI=1S/C23H19NO2/c25-23(26)14-20-16-24(15-17-7-3-1-4-8-17)22-12-11-19(13-21(20)22)18-9-5-2-6-10-18/h1-13,16H,14-15H2,(H,25,26). The molecule has 3 aromatic carbocycles. The number of nitrogens with zero attached hydrogens (tertiary/aromatic N) is 1. The van der Waals surface area contributed by atoms with Gasteiger partial charge in [0, 0.05) is 23.6 Å². The summed E-state index contributed by atoms with van der Waals surface area (Å²) in [5.74, 6) is -0.811. The molecule has 1 heterocycles. The van der Waals surface area contributed by atoms with Crippen molar-refractivity contribution in [3.8, 4) is 11.1 Å². The van der Waals surface area contributed by atoms with Crippen molar-refractivity contribution < 1.29 is 9.90 Å². The quantitative estimate of drug-likeness (QED) is 0.556. The Kier molecular flexibility index (Phi) is 4.28. The van der Waals surface area contributed by atoms with Crippen LogP contribution in [0.15, 0.2) is 85.1 Å². The highest BCUT2D eigenvalue weighted by Gasteiger charge is 2.13. The van der Waals surface area contributed by atoms with Crippen molar-refractivity contribution in [1.82, 2.24) is 4.57 Å². The Morgan fingerprint density at radius 2 is 1.54 bits per heavy atom. The molecule has 0 saturated heterocycles. The summed E-state index contributed by atoms with van der Waals surface area (Å²) >= 11 is 0. The van der Waals surface area contributed by atoms with Gasteiger partial charge in [-0.05, 0) is 34.4 Å². The van der Waals surface area contributed by atoms with E-state index in [1.54, 1.807) is 0 Å². The fourth-order valence-electron chi connectivity index (χ4n) is 3.40. The second kappa shape index (κ2) is 6.89. The fourth-order valence-corrected chi connectivity index (χ4v) is 3.40. The van der Waals surface area contributed by atoms with Crippen LogP contribution in [-0.2, 0) is 17.8 Å². The summed E-state index contributed by atoms with van der Waals surface area (Å²) < 4.78 is 2.14. The number of hydrogen-bond donors (Lipinski definition) is 1. The molecule has 4 rings (SSSR count). The summed E-state index contributed by atoms with van der Waals surface area (Å²) in [6.45, 7) is 0.724. The van der Waals surface area contributed by atoms with Gasteiger partial charge in [-0.25, -0.2) is 0 Å². The number of hydrogen-bond acceptors (Lipinski definition) is 1. The first-order chi connectivity index (χ1) is 12.7. The highest BCUT2D eigenvalue weighted by Crippen LogP contribution is 2.29. The molecule has 0 spiro atoms. The predicted octanol–water partition coefficient (Wildman–Crippen LogP) is 4.98. The molecule has 128 valence electrons. The van der Waals surface area contributed by atoms with Crippen LogP contribution in [0.25, 0.3) is 22.0 Å². The number of aliphatic carboxylic acids is 1. The van der Waals surface area contributed by atoms with Crippen LogP contribution in [0.3, 0.4) is 0 Å². The lowest BCUT2D eigenvalue weighted by atomic mass is 10.0. The topological polar surface area (TPSA) is 42.2 Å². The van der Waals surface area contributed by atoms with Crippen molar-refractivity contribution in [2.24, 2.45) is 0 Å². The molecule has 0 amide bonds. The van der Waals surface area contributed by atoms with E-state index in [1.165, 1.54) is 5.56 Å². The van der Waals surface area contributed by atoms with Crippen LogP contribution < -0.4 is 0 Å². The molecular formula is C23H19NO2. The Bertz CT molecular complexity index is 1050. The lowest BCUT2D eigenvalue weighted by molar-refractivity contribution is -0.136. The van der Waals surface area contributed by atoms with Crippen LogP contribution in [-0.4, -0.2) is 15.6 Å². The normalized spacial score (nSPS) is 10.9. The summed E-state index contributed by atoms with van der Waals surface area (Å²) in [6, 6.07) is 26.7. The molecule has 3 nitrogen and oxygen atoms in total. The molecule has 3 heteroatoms. The van der Waals surface area contributed by atoms with Crippen molar-refractivity contribution in [3.63, 3.8) is 0 Å². The van der Waals surface area contributed by atoms with Crippen LogP contribution in [0.5, 0.6) is 0 Å². The number of carbonyl (C=O) groups is 1. The minimum atomic E-state index is -0.811. The number of rotatable bonds is 5. The summed E-state index contributed by atoms with van der Waals surface area (Å²) in [5, 5.41) is 10.3. The smallest absolute Gasteiger partial charge is 0.307 e. The third-order valence-corrected chi connectivity index (χ3v) is 4.61. The van der Waals surface area contributed by atoms with Gasteiger partial charge in [0.2, 0.25) is 0 Å². The molecule has 1 N–H and O–H groups in total. The van der Waals surface area contributed by atoms with E-state index in [9.17, 15) is 9.90 Å². The average Bonchev–Trinajstić information content (AvgIpc) is 2.99. The molecule has 0 unspecified atom stereocenters. The van der Waals surface area contributed by atoms with Crippen LogP contribution in [0, 0.1) is 0 Å². The first-order valence-electron chi connectivity index (χ1n) is 8.63. The van der Waals surface area contributed by atoms with Crippen molar-refractivity contribution in [2.45, 2.75) is 13.0 Å². The Hall–Kier alpha value is -3.33. The highest BCUT2D eigenvalue weighted by atomic mass is 16.4. The van der Waals surface area contributed by atoms with E-state index >= 15 is 0 Å². The van der Waals surface area contributed by atoms with E-state index in [1.807, 2.05) is 42.6 Å². The van der Waals surface area contributed by atoms with Crippen molar-refractivity contribution >= 4 is 16.9 Å². The molecule has 1 aromatic heterocycles. The summed E-state index contributed by atoms with van der Waals surface area (Å²) in [5.41, 5.74) is 5.33. The van der Waals surface area contributed by atoms with Crippen LogP contribution in [0.2, 0.25) is 0 Å². The molecule has 0 saturated carbocycles. The zero-order chi connectivity index (χ0) is 17.9. The maximum atomic E-state index is 11.3. The number of carboxylic acid groups (broad SMARTS) is 1. The van der Waals surface area contributed by atoms with Gasteiger partial charge >= 0.3 is 5.97 Å². The van der Waals surface area contributed by atoms with Crippen molar-refractivity contribution in [2.75, 3.05) is 0 Å². The molecule has 0 aliphatic carbocycles. The van der Waals surface area contributed by atoms with Gasteiger partial charge < -0.3 is 9.67 Å². The monoisotopic (exact) mass is 341 g/mol. The van der Waals surface area contributed by atoms with Gasteiger partial charge in [-0.1, -0.05) is 66.7 Å². The summed E-state index contributed by atoms with van der Waals surface area (Å²) in [4.78, 5) is 11.3. The Balaban J connectivity index is 1.82. The van der Waals surface area contributed by atoms with E-state index in [0.29, 0.717) is 0 Å². The van der Waals surface area contributed by atoms with Crippen LogP contribution >= 0.6 is 0 Å². The van der Waals surface area contributed by atoms with Crippen LogP contribution in [0.1, 0.15) is 11.1 Å². The first kappa shape index (κ1) is 16.2. The first-order valence-corrected chi connectivity index (χ1v) is 8.63. The zero-order valence-corrected chi connectivity index (χ0v) is 14.3. The molecule has 0 aliphatic rings. The minimum Gasteiger partial charge on any atom is -0.481 e. The minimum absolute atomic E-state index is 0.0243. The third kappa shape index (κ3) is 3.24. The molecule has 4 aromatic rings. The van der Waals surface area contributed by atoms with E-state index in [0.717, 1.165) is 34.1 Å². The Morgan fingerprint density at radius 3 is 2.23 bits per heavy atom. The second-order valence-electron chi connectivity index (χ2n) is 6.44. The predicted molar refractivity (Wildman–Crippen MR) is 104 cm³/mol. The SMILES string of the molecule is O=C(O)Cc1cn(Cc2ccccc2)c2ccc(-c3ccccc3)cc12. The van der Waals surface area contributed by atoms with Gasteiger partial charge in [0.05, 0.1) is 6.42 Å². The highest BCUT2D eigenvalue weighted by molar-refractivity contribution is 5.91. The summed E-state index contributed by atoms with van der Waals surface area (Å²) in [6.07, 6.45) is 2.00. The van der Waals surface area contributed by atoms with E-state index in [-0.39, 0.29) is 6.42 Å². The molecule has 0 bridgehead atoms. The molecule has 26 heavy (non-hydrogen) atoms. The molecular weight excluding hydrogens is 322 g/mol. The van der Waals surface area contributed by atoms with Gasteiger partial charge in [0.15, 0.2) is 0 Å². The fraction of sp³-hybridized carbons (Fsp3) is 0.0870. The molecule has 0 atom stereocenters. The molecule has 0 aliphatic heterocycles. The molecule has 0 fully saturated rings. The number of aromatic nitrogens is 1. The van der Waals surface area contributed by atoms with E-state index in [4.69, 9.17) is 0 Å². The maximum absolute atomic E-state index is 11.3. The number of carboxylic acids is 1. The van der Waals surface area contributed by atoms with Crippen molar-refractivity contribution in [1.29, 1.82) is 0 Å². The average molecular weight is 341 g/mol. The van der Waals surface area contributed by atoms with E-state index < -0.39 is 5.97 Å². The van der Waals surface area contributed by atoms with Crippen LogP contribution in [0.4, 0.5) is 0 Å². The second-order valence-corrected chi connectivity index (χ2v) is 6.44. The third-order valence-electron chi connectivity index (χ3n) is 4.61. The van der Waals surface area contributed by atoms with Gasteiger partial charge in [-0.3, -0.25) is 4.79 Å². The lowest BCUT2D eigenvalue weighted by Crippen LogP contribution is -2.00. The maximum Gasteiger partial charge on any atom is 0.307 e. The zero-order valence-electron chi connectivity index (χ0n) is 14.3. The van der Waals surface area contributed by atoms with Crippen molar-refractivity contribution in [3.05, 3.63) is 96.2 Å². The molecule has 0 radical (unpaired) electrons. The number of benzene rings is 3. The lowest BCUT2D eigenvalue weighted by Gasteiger charge is -2.07. The Labute approximate surface area is 152 Å². The summed E-state index contributed by atoms with van der Waals surface area (Å²) in [7, 11) is 0. The van der Waals surface area contributed by atoms with E-state index in [2.05, 4.69) is 47.0 Å². The van der Waals surface area contributed by atoms with Gasteiger partial charge in [0.25, 0.3) is 0 Å².